The molecule has 2 heterocycles. The van der Waals surface area contributed by atoms with Crippen LogP contribution >= 0.6 is 0 Å². The second-order valence-corrected chi connectivity index (χ2v) is 8.28. The van der Waals surface area contributed by atoms with Gasteiger partial charge in [-0.25, -0.2) is 4.98 Å². The largest absolute Gasteiger partial charge is 0.481 e. The van der Waals surface area contributed by atoms with Crippen molar-refractivity contribution in [3.05, 3.63) is 41.7 Å². The van der Waals surface area contributed by atoms with Crippen LogP contribution < -0.4 is 15.8 Å². The van der Waals surface area contributed by atoms with E-state index in [0.717, 1.165) is 31.2 Å². The van der Waals surface area contributed by atoms with Gasteiger partial charge >= 0.3 is 5.97 Å². The Kier molecular flexibility index (Phi) is 4.61. The molecule has 1 aliphatic heterocycles. The molecule has 2 aromatic rings. The highest BCUT2D eigenvalue weighted by Gasteiger charge is 2.39. The van der Waals surface area contributed by atoms with Crippen molar-refractivity contribution in [1.29, 1.82) is 0 Å². The lowest BCUT2D eigenvalue weighted by atomic mass is 9.78. The van der Waals surface area contributed by atoms with E-state index < -0.39 is 11.6 Å². The van der Waals surface area contributed by atoms with Crippen LogP contribution in [0.3, 0.4) is 0 Å². The van der Waals surface area contributed by atoms with Crippen LogP contribution in [0.25, 0.3) is 0 Å². The van der Waals surface area contributed by atoms with Crippen molar-refractivity contribution < 1.29 is 14.6 Å². The van der Waals surface area contributed by atoms with Crippen molar-refractivity contribution in [2.45, 2.75) is 57.1 Å². The van der Waals surface area contributed by atoms with Crippen LogP contribution in [0.5, 0.6) is 5.88 Å². The van der Waals surface area contributed by atoms with Gasteiger partial charge in [-0.05, 0) is 56.6 Å². The van der Waals surface area contributed by atoms with Gasteiger partial charge in [0.25, 0.3) is 0 Å². The maximum atomic E-state index is 11.2. The Hall–Kier alpha value is -2.83. The number of anilines is 2. The molecule has 0 amide bonds. The molecule has 4 N–H and O–H groups in total. The number of nitrogen functional groups attached to an aromatic ring is 1. The van der Waals surface area contributed by atoms with Crippen LogP contribution in [0.1, 0.15) is 62.6 Å². The van der Waals surface area contributed by atoms with Gasteiger partial charge in [0, 0.05) is 0 Å². The van der Waals surface area contributed by atoms with Crippen LogP contribution in [-0.2, 0) is 4.79 Å². The molecule has 0 spiro atoms. The first-order valence-corrected chi connectivity index (χ1v) is 9.74. The number of carbonyl (C=O) groups is 1. The zero-order valence-corrected chi connectivity index (χ0v) is 16.2. The average molecular weight is 382 g/mol. The molecule has 1 atom stereocenters. The molecule has 1 aromatic heterocycles. The summed E-state index contributed by atoms with van der Waals surface area (Å²) in [5.74, 6) is 0.423. The molecule has 0 radical (unpaired) electrons. The predicted molar refractivity (Wildman–Crippen MR) is 106 cm³/mol. The number of benzene rings is 1. The smallest absolute Gasteiger partial charge is 0.306 e. The number of nitrogens with zero attached hydrogens (tertiary/aromatic N) is 2. The van der Waals surface area contributed by atoms with Crippen LogP contribution in [0.2, 0.25) is 0 Å². The molecular formula is C21H26N4O3. The van der Waals surface area contributed by atoms with Crippen LogP contribution in [0.4, 0.5) is 11.5 Å². The molecule has 7 nitrogen and oxygen atoms in total. The van der Waals surface area contributed by atoms with E-state index in [9.17, 15) is 9.90 Å². The number of hydrogen-bond acceptors (Lipinski definition) is 6. The molecule has 28 heavy (non-hydrogen) atoms. The zero-order valence-electron chi connectivity index (χ0n) is 16.2. The number of fused-ring (bicyclic) bond motifs is 1. The fraction of sp³-hybridized carbons (Fsp3) is 0.476. The van der Waals surface area contributed by atoms with Gasteiger partial charge in [-0.2, -0.15) is 4.98 Å². The van der Waals surface area contributed by atoms with E-state index in [1.807, 2.05) is 13.8 Å². The van der Waals surface area contributed by atoms with Crippen molar-refractivity contribution in [2.75, 3.05) is 11.1 Å². The molecule has 2 aliphatic rings. The summed E-state index contributed by atoms with van der Waals surface area (Å²) in [4.78, 5) is 19.4. The molecule has 4 rings (SSSR count). The quantitative estimate of drug-likeness (QED) is 0.741. The summed E-state index contributed by atoms with van der Waals surface area (Å²) < 4.78 is 6.10. The van der Waals surface area contributed by atoms with E-state index in [1.54, 1.807) is 0 Å². The first-order valence-electron chi connectivity index (χ1n) is 9.74. The zero-order chi connectivity index (χ0) is 19.9. The first kappa shape index (κ1) is 18.5. The van der Waals surface area contributed by atoms with Crippen LogP contribution in [0.15, 0.2) is 30.6 Å². The maximum Gasteiger partial charge on any atom is 0.306 e. The standard InChI is InChI=1S/C21H26N4O3/c1-21(2)17(25-16-18(22)23-11-24-19(16)28-21)14-7-3-12(4-8-14)13-5-9-15(10-6-13)20(26)27/h3-4,7-8,11,13,15,17,25H,5-6,9-10H2,1-2H3,(H,26,27)(H2,22,23,24). The molecular weight excluding hydrogens is 356 g/mol. The number of hydrogen-bond donors (Lipinski definition) is 3. The van der Waals surface area contributed by atoms with E-state index in [1.165, 1.54) is 11.9 Å². The van der Waals surface area contributed by atoms with E-state index in [4.69, 9.17) is 10.5 Å². The summed E-state index contributed by atoms with van der Waals surface area (Å²) in [5.41, 5.74) is 8.48. The molecule has 1 aromatic carbocycles. The van der Waals surface area contributed by atoms with Gasteiger partial charge in [-0.1, -0.05) is 24.3 Å². The van der Waals surface area contributed by atoms with Crippen molar-refractivity contribution in [1.82, 2.24) is 9.97 Å². The minimum Gasteiger partial charge on any atom is -0.481 e. The van der Waals surface area contributed by atoms with Crippen LogP contribution in [-0.4, -0.2) is 26.6 Å². The summed E-state index contributed by atoms with van der Waals surface area (Å²) in [6, 6.07) is 8.45. The van der Waals surface area contributed by atoms with E-state index in [2.05, 4.69) is 39.6 Å². The van der Waals surface area contributed by atoms with E-state index in [0.29, 0.717) is 23.3 Å². The highest BCUT2D eigenvalue weighted by Crippen LogP contribution is 2.43. The molecule has 1 saturated carbocycles. The number of aromatic nitrogens is 2. The van der Waals surface area contributed by atoms with Gasteiger partial charge in [0.15, 0.2) is 5.82 Å². The third-order valence-electron chi connectivity index (χ3n) is 6.00. The average Bonchev–Trinajstić information content (AvgIpc) is 2.67. The van der Waals surface area contributed by atoms with Gasteiger partial charge in [0.1, 0.15) is 17.6 Å². The molecule has 1 aliphatic carbocycles. The Morgan fingerprint density at radius 3 is 2.43 bits per heavy atom. The number of nitrogens with two attached hydrogens (primary N) is 1. The topological polar surface area (TPSA) is 110 Å². The SMILES string of the molecule is CC1(C)Oc2ncnc(N)c2NC1c1ccc(C2CCC(C(=O)O)CC2)cc1. The molecule has 7 heteroatoms. The fourth-order valence-electron chi connectivity index (χ4n) is 4.34. The third kappa shape index (κ3) is 3.37. The molecule has 148 valence electrons. The Balaban J connectivity index is 1.52. The Morgan fingerprint density at radius 2 is 1.79 bits per heavy atom. The van der Waals surface area contributed by atoms with Gasteiger partial charge in [-0.15, -0.1) is 0 Å². The first-order chi connectivity index (χ1) is 13.3. The van der Waals surface area contributed by atoms with Gasteiger partial charge < -0.3 is 20.9 Å². The Bertz CT molecular complexity index is 874. The lowest BCUT2D eigenvalue weighted by molar-refractivity contribution is -0.142. The summed E-state index contributed by atoms with van der Waals surface area (Å²) in [6.07, 6.45) is 4.76. The lowest BCUT2D eigenvalue weighted by Crippen LogP contribution is -2.44. The highest BCUT2D eigenvalue weighted by molar-refractivity contribution is 5.70. The van der Waals surface area contributed by atoms with Crippen molar-refractivity contribution in [3.63, 3.8) is 0 Å². The summed E-state index contributed by atoms with van der Waals surface area (Å²) in [5, 5.41) is 12.6. The minimum absolute atomic E-state index is 0.0925. The number of carboxylic acids is 1. The summed E-state index contributed by atoms with van der Waals surface area (Å²) in [7, 11) is 0. The van der Waals surface area contributed by atoms with Gasteiger partial charge in [0.2, 0.25) is 5.88 Å². The van der Waals surface area contributed by atoms with Crippen molar-refractivity contribution in [2.24, 2.45) is 5.92 Å². The Labute approximate surface area is 164 Å². The van der Waals surface area contributed by atoms with Crippen LogP contribution in [0, 0.1) is 5.92 Å². The predicted octanol–water partition coefficient (Wildman–Crippen LogP) is 3.74. The normalized spacial score (nSPS) is 25.9. The monoisotopic (exact) mass is 382 g/mol. The molecule has 1 fully saturated rings. The summed E-state index contributed by atoms with van der Waals surface area (Å²) in [6.45, 7) is 4.04. The second kappa shape index (κ2) is 6.96. The van der Waals surface area contributed by atoms with Crippen molar-refractivity contribution in [3.8, 4) is 5.88 Å². The van der Waals surface area contributed by atoms with Gasteiger partial charge in [0.05, 0.1) is 12.0 Å². The molecule has 0 bridgehead atoms. The van der Waals surface area contributed by atoms with Gasteiger partial charge in [-0.3, -0.25) is 4.79 Å². The number of carboxylic acid groups (broad SMARTS) is 1. The number of nitrogens with one attached hydrogen (secondary N) is 1. The minimum atomic E-state index is -0.664. The van der Waals surface area contributed by atoms with Crippen molar-refractivity contribution >= 4 is 17.5 Å². The number of aliphatic carboxylic acids is 1. The lowest BCUT2D eigenvalue weighted by Gasteiger charge is -2.40. The highest BCUT2D eigenvalue weighted by atomic mass is 16.5. The van der Waals surface area contributed by atoms with E-state index >= 15 is 0 Å². The summed E-state index contributed by atoms with van der Waals surface area (Å²) >= 11 is 0. The number of ether oxygens (including phenoxy) is 1. The van der Waals surface area contributed by atoms with E-state index in [-0.39, 0.29) is 12.0 Å². The number of rotatable bonds is 3. The Morgan fingerprint density at radius 1 is 1.14 bits per heavy atom. The molecule has 1 unspecified atom stereocenters. The second-order valence-electron chi connectivity index (χ2n) is 8.28. The third-order valence-corrected chi connectivity index (χ3v) is 6.00. The molecule has 0 saturated heterocycles. The maximum absolute atomic E-state index is 11.2. The fourth-order valence-corrected chi connectivity index (χ4v) is 4.34.